The molecule has 0 aliphatic carbocycles. The molecule has 6 heteroatoms. The van der Waals surface area contributed by atoms with Gasteiger partial charge in [-0.2, -0.15) is 5.26 Å². The summed E-state index contributed by atoms with van der Waals surface area (Å²) in [6.45, 7) is -0.311. The Labute approximate surface area is 151 Å². The Hall–Kier alpha value is -2.78. The van der Waals surface area contributed by atoms with Crippen LogP contribution < -0.4 is 5.32 Å². The molecule has 0 atom stereocenters. The van der Waals surface area contributed by atoms with Crippen LogP contribution in [0.2, 0.25) is 0 Å². The summed E-state index contributed by atoms with van der Waals surface area (Å²) in [5, 5.41) is 11.3. The number of anilines is 1. The number of ether oxygens (including phenoxy) is 1. The van der Waals surface area contributed by atoms with Crippen molar-refractivity contribution in [2.24, 2.45) is 0 Å². The van der Waals surface area contributed by atoms with E-state index in [1.807, 2.05) is 30.3 Å². The Balaban J connectivity index is 1.65. The van der Waals surface area contributed by atoms with E-state index >= 15 is 0 Å². The Morgan fingerprint density at radius 1 is 1.08 bits per heavy atom. The molecule has 128 valence electrons. The van der Waals surface area contributed by atoms with Crippen LogP contribution in [-0.4, -0.2) is 24.2 Å². The highest BCUT2D eigenvalue weighted by molar-refractivity contribution is 7.99. The van der Waals surface area contributed by atoms with Gasteiger partial charge < -0.3 is 10.1 Å². The Morgan fingerprint density at radius 2 is 1.80 bits per heavy atom. The van der Waals surface area contributed by atoms with Crippen molar-refractivity contribution in [3.63, 3.8) is 0 Å². The predicted molar refractivity (Wildman–Crippen MR) is 97.1 cm³/mol. The van der Waals surface area contributed by atoms with E-state index in [9.17, 15) is 9.59 Å². The number of amides is 1. The molecule has 2 aromatic rings. The van der Waals surface area contributed by atoms with E-state index in [1.54, 1.807) is 36.0 Å². The zero-order chi connectivity index (χ0) is 17.9. The van der Waals surface area contributed by atoms with Gasteiger partial charge in [-0.1, -0.05) is 30.3 Å². The third-order valence-electron chi connectivity index (χ3n) is 3.20. The van der Waals surface area contributed by atoms with Crippen LogP contribution in [0, 0.1) is 11.3 Å². The zero-order valence-electron chi connectivity index (χ0n) is 13.6. The molecule has 25 heavy (non-hydrogen) atoms. The van der Waals surface area contributed by atoms with Crippen LogP contribution in [0.25, 0.3) is 0 Å². The number of nitrogens with zero attached hydrogens (tertiary/aromatic N) is 1. The molecule has 0 aliphatic heterocycles. The van der Waals surface area contributed by atoms with Crippen LogP contribution in [0.15, 0.2) is 59.5 Å². The number of thioether (sulfide) groups is 1. The van der Waals surface area contributed by atoms with Crippen molar-refractivity contribution in [1.82, 2.24) is 0 Å². The van der Waals surface area contributed by atoms with E-state index in [2.05, 4.69) is 11.4 Å². The van der Waals surface area contributed by atoms with Crippen LogP contribution in [0.1, 0.15) is 12.0 Å². The molecule has 1 amide bonds. The number of benzene rings is 2. The van der Waals surface area contributed by atoms with Crippen molar-refractivity contribution in [2.75, 3.05) is 17.7 Å². The lowest BCUT2D eigenvalue weighted by Crippen LogP contribution is -2.21. The highest BCUT2D eigenvalue weighted by atomic mass is 32.2. The molecule has 0 saturated carbocycles. The van der Waals surface area contributed by atoms with Crippen LogP contribution in [-0.2, 0) is 20.7 Å². The fraction of sp³-hybridized carbons (Fsp3) is 0.211. The summed E-state index contributed by atoms with van der Waals surface area (Å²) in [6, 6.07) is 18.8. The van der Waals surface area contributed by atoms with Crippen molar-refractivity contribution in [1.29, 1.82) is 5.26 Å². The summed E-state index contributed by atoms with van der Waals surface area (Å²) in [5.41, 5.74) is 1.48. The van der Waals surface area contributed by atoms with E-state index in [1.165, 1.54) is 0 Å². The number of esters is 1. The fourth-order valence-electron chi connectivity index (χ4n) is 1.98. The zero-order valence-corrected chi connectivity index (χ0v) is 14.4. The second-order valence-electron chi connectivity index (χ2n) is 5.15. The van der Waals surface area contributed by atoms with Crippen molar-refractivity contribution >= 4 is 29.3 Å². The molecule has 0 aromatic heterocycles. The van der Waals surface area contributed by atoms with Gasteiger partial charge in [0, 0.05) is 16.3 Å². The molecular formula is C19H18N2O3S. The lowest BCUT2D eigenvalue weighted by molar-refractivity contribution is -0.146. The van der Waals surface area contributed by atoms with Gasteiger partial charge in [-0.3, -0.25) is 9.59 Å². The third-order valence-corrected chi connectivity index (χ3v) is 4.22. The van der Waals surface area contributed by atoms with Gasteiger partial charge >= 0.3 is 5.97 Å². The van der Waals surface area contributed by atoms with Gasteiger partial charge in [-0.25, -0.2) is 0 Å². The molecule has 2 rings (SSSR count). The van der Waals surface area contributed by atoms with Crippen LogP contribution in [0.3, 0.4) is 0 Å². The number of hydrogen-bond acceptors (Lipinski definition) is 5. The number of nitrogens with one attached hydrogen (secondary N) is 1. The molecule has 5 nitrogen and oxygen atoms in total. The maximum absolute atomic E-state index is 11.8. The molecule has 0 aliphatic rings. The second kappa shape index (κ2) is 10.2. The van der Waals surface area contributed by atoms with Crippen LogP contribution in [0.5, 0.6) is 0 Å². The molecule has 0 heterocycles. The van der Waals surface area contributed by atoms with E-state index in [-0.39, 0.29) is 13.0 Å². The molecule has 0 spiro atoms. The SMILES string of the molecule is N#CCc1ccc(NC(=O)COC(=O)CCSc2ccccc2)cc1. The van der Waals surface area contributed by atoms with Gasteiger partial charge in [0.15, 0.2) is 6.61 Å². The molecule has 0 unspecified atom stereocenters. The minimum Gasteiger partial charge on any atom is -0.456 e. The topological polar surface area (TPSA) is 79.2 Å². The normalized spacial score (nSPS) is 9.88. The first-order chi connectivity index (χ1) is 12.2. The van der Waals surface area contributed by atoms with Gasteiger partial charge in [0.1, 0.15) is 0 Å². The standard InChI is InChI=1S/C19H18N2O3S/c20-12-10-15-6-8-16(9-7-15)21-18(22)14-24-19(23)11-13-25-17-4-2-1-3-5-17/h1-9H,10-11,13-14H2,(H,21,22). The summed E-state index contributed by atoms with van der Waals surface area (Å²) in [6.07, 6.45) is 0.572. The summed E-state index contributed by atoms with van der Waals surface area (Å²) in [7, 11) is 0. The average Bonchev–Trinajstić information content (AvgIpc) is 2.63. The molecule has 0 fully saturated rings. The molecule has 0 bridgehead atoms. The average molecular weight is 354 g/mol. The summed E-state index contributed by atoms with van der Waals surface area (Å²) in [4.78, 5) is 24.5. The first-order valence-electron chi connectivity index (χ1n) is 7.76. The molecule has 1 N–H and O–H groups in total. The first kappa shape index (κ1) is 18.6. The molecule has 0 saturated heterocycles. The van der Waals surface area contributed by atoms with E-state index in [0.29, 0.717) is 17.9 Å². The summed E-state index contributed by atoms with van der Waals surface area (Å²) >= 11 is 1.57. The maximum atomic E-state index is 11.8. The van der Waals surface area contributed by atoms with Gasteiger partial charge in [-0.15, -0.1) is 11.8 Å². The molecular weight excluding hydrogens is 336 g/mol. The second-order valence-corrected chi connectivity index (χ2v) is 6.32. The van der Waals surface area contributed by atoms with Crippen LogP contribution in [0.4, 0.5) is 5.69 Å². The van der Waals surface area contributed by atoms with E-state index in [0.717, 1.165) is 10.5 Å². The number of hydrogen-bond donors (Lipinski definition) is 1. The smallest absolute Gasteiger partial charge is 0.307 e. The van der Waals surface area contributed by atoms with Gasteiger partial charge in [0.2, 0.25) is 0 Å². The van der Waals surface area contributed by atoms with Crippen molar-refractivity contribution in [3.05, 3.63) is 60.2 Å². The van der Waals surface area contributed by atoms with Gasteiger partial charge in [0.25, 0.3) is 5.91 Å². The predicted octanol–water partition coefficient (Wildman–Crippen LogP) is 3.42. The largest absolute Gasteiger partial charge is 0.456 e. The Bertz CT molecular complexity index is 740. The molecule has 2 aromatic carbocycles. The lowest BCUT2D eigenvalue weighted by atomic mass is 10.1. The molecule has 0 radical (unpaired) electrons. The number of nitriles is 1. The minimum absolute atomic E-state index is 0.246. The minimum atomic E-state index is -0.400. The third kappa shape index (κ3) is 7.10. The monoisotopic (exact) mass is 354 g/mol. The quantitative estimate of drug-likeness (QED) is 0.580. The lowest BCUT2D eigenvalue weighted by Gasteiger charge is -2.07. The van der Waals surface area contributed by atoms with E-state index in [4.69, 9.17) is 10.00 Å². The maximum Gasteiger partial charge on any atom is 0.307 e. The van der Waals surface area contributed by atoms with Crippen LogP contribution >= 0.6 is 11.8 Å². The summed E-state index contributed by atoms with van der Waals surface area (Å²) < 4.78 is 4.97. The Kier molecular flexibility index (Phi) is 7.54. The summed E-state index contributed by atoms with van der Waals surface area (Å²) in [5.74, 6) is -0.190. The van der Waals surface area contributed by atoms with Gasteiger partial charge in [0.05, 0.1) is 18.9 Å². The van der Waals surface area contributed by atoms with Crippen molar-refractivity contribution in [2.45, 2.75) is 17.7 Å². The number of carbonyl (C=O) groups is 2. The highest BCUT2D eigenvalue weighted by Crippen LogP contribution is 2.17. The van der Waals surface area contributed by atoms with E-state index < -0.39 is 11.9 Å². The first-order valence-corrected chi connectivity index (χ1v) is 8.75. The van der Waals surface area contributed by atoms with Gasteiger partial charge in [-0.05, 0) is 29.8 Å². The highest BCUT2D eigenvalue weighted by Gasteiger charge is 2.08. The Morgan fingerprint density at radius 3 is 2.48 bits per heavy atom. The van der Waals surface area contributed by atoms with Crippen molar-refractivity contribution in [3.8, 4) is 6.07 Å². The number of carbonyl (C=O) groups excluding carboxylic acids is 2. The fourth-order valence-corrected chi connectivity index (χ4v) is 2.84. The van der Waals surface area contributed by atoms with Crippen molar-refractivity contribution < 1.29 is 14.3 Å². The number of rotatable bonds is 8.